The molecule has 4 nitrogen and oxygen atoms in total. The SMILES string of the molecule is COCCNC(=O)c1cc[nH]c1. The number of hydrogen-bond acceptors (Lipinski definition) is 2. The predicted molar refractivity (Wildman–Crippen MR) is 45.0 cm³/mol. The summed E-state index contributed by atoms with van der Waals surface area (Å²) in [6.07, 6.45) is 3.37. The second-order valence-corrected chi connectivity index (χ2v) is 2.35. The maximum absolute atomic E-state index is 11.2. The van der Waals surface area contributed by atoms with E-state index in [2.05, 4.69) is 10.3 Å². The van der Waals surface area contributed by atoms with Crippen molar-refractivity contribution in [2.45, 2.75) is 0 Å². The van der Waals surface area contributed by atoms with E-state index in [-0.39, 0.29) is 5.91 Å². The molecular weight excluding hydrogens is 156 g/mol. The van der Waals surface area contributed by atoms with Gasteiger partial charge >= 0.3 is 0 Å². The normalized spacial score (nSPS) is 9.75. The van der Waals surface area contributed by atoms with Crippen molar-refractivity contribution in [3.63, 3.8) is 0 Å². The van der Waals surface area contributed by atoms with Crippen LogP contribution < -0.4 is 5.32 Å². The molecule has 0 aliphatic carbocycles. The summed E-state index contributed by atoms with van der Waals surface area (Å²) in [6.45, 7) is 1.08. The van der Waals surface area contributed by atoms with Crippen LogP contribution in [-0.2, 0) is 4.74 Å². The van der Waals surface area contributed by atoms with Gasteiger partial charge in [0.2, 0.25) is 0 Å². The summed E-state index contributed by atoms with van der Waals surface area (Å²) in [5.74, 6) is -0.0756. The Kier molecular flexibility index (Phi) is 3.35. The summed E-state index contributed by atoms with van der Waals surface area (Å²) in [7, 11) is 1.60. The second-order valence-electron chi connectivity index (χ2n) is 2.35. The fraction of sp³-hybridized carbons (Fsp3) is 0.375. The monoisotopic (exact) mass is 168 g/mol. The molecule has 0 spiro atoms. The minimum atomic E-state index is -0.0756. The first-order valence-electron chi connectivity index (χ1n) is 3.74. The van der Waals surface area contributed by atoms with Crippen LogP contribution >= 0.6 is 0 Å². The topological polar surface area (TPSA) is 54.1 Å². The highest BCUT2D eigenvalue weighted by atomic mass is 16.5. The molecule has 0 aliphatic heterocycles. The molecule has 2 N–H and O–H groups in total. The van der Waals surface area contributed by atoms with Crippen LogP contribution in [0, 0.1) is 0 Å². The van der Waals surface area contributed by atoms with E-state index in [1.54, 1.807) is 25.6 Å². The minimum absolute atomic E-state index is 0.0756. The fourth-order valence-corrected chi connectivity index (χ4v) is 0.834. The molecule has 0 fully saturated rings. The number of hydrogen-bond donors (Lipinski definition) is 2. The van der Waals surface area contributed by atoms with Gasteiger partial charge in [0.05, 0.1) is 12.2 Å². The molecule has 4 heteroatoms. The van der Waals surface area contributed by atoms with Gasteiger partial charge in [-0.2, -0.15) is 0 Å². The molecule has 0 bridgehead atoms. The van der Waals surface area contributed by atoms with Gasteiger partial charge in [0.1, 0.15) is 0 Å². The van der Waals surface area contributed by atoms with Gasteiger partial charge in [-0.15, -0.1) is 0 Å². The molecule has 0 unspecified atom stereocenters. The van der Waals surface area contributed by atoms with Crippen LogP contribution in [0.25, 0.3) is 0 Å². The van der Waals surface area contributed by atoms with Crippen molar-refractivity contribution in [1.29, 1.82) is 0 Å². The zero-order valence-corrected chi connectivity index (χ0v) is 6.96. The van der Waals surface area contributed by atoms with Gasteiger partial charge in [-0.1, -0.05) is 0 Å². The molecule has 66 valence electrons. The number of H-pyrrole nitrogens is 1. The maximum atomic E-state index is 11.2. The molecule has 1 aromatic rings. The highest BCUT2D eigenvalue weighted by molar-refractivity contribution is 5.93. The number of rotatable bonds is 4. The summed E-state index contributed by atoms with van der Waals surface area (Å²) in [6, 6.07) is 1.72. The first-order valence-corrected chi connectivity index (χ1v) is 3.74. The Morgan fingerprint density at radius 2 is 2.58 bits per heavy atom. The molecule has 0 aromatic carbocycles. The Balaban J connectivity index is 2.30. The van der Waals surface area contributed by atoms with Gasteiger partial charge in [-0.3, -0.25) is 4.79 Å². The van der Waals surface area contributed by atoms with Gasteiger partial charge in [0.25, 0.3) is 5.91 Å². The Morgan fingerprint density at radius 3 is 3.17 bits per heavy atom. The van der Waals surface area contributed by atoms with E-state index in [1.165, 1.54) is 0 Å². The Morgan fingerprint density at radius 1 is 1.75 bits per heavy atom. The first-order chi connectivity index (χ1) is 5.84. The van der Waals surface area contributed by atoms with Crippen LogP contribution in [0.1, 0.15) is 10.4 Å². The third-order valence-electron chi connectivity index (χ3n) is 1.45. The van der Waals surface area contributed by atoms with Gasteiger partial charge in [-0.05, 0) is 6.07 Å². The summed E-state index contributed by atoms with van der Waals surface area (Å²) < 4.78 is 4.79. The van der Waals surface area contributed by atoms with Crippen molar-refractivity contribution in [2.24, 2.45) is 0 Å². The van der Waals surface area contributed by atoms with Crippen LogP contribution in [0.15, 0.2) is 18.5 Å². The Labute approximate surface area is 70.9 Å². The summed E-state index contributed by atoms with van der Waals surface area (Å²) >= 11 is 0. The van der Waals surface area contributed by atoms with Gasteiger partial charge in [0, 0.05) is 26.0 Å². The smallest absolute Gasteiger partial charge is 0.252 e. The molecule has 1 amide bonds. The van der Waals surface area contributed by atoms with E-state index in [0.717, 1.165) is 0 Å². The van der Waals surface area contributed by atoms with Crippen LogP contribution in [-0.4, -0.2) is 31.2 Å². The number of ether oxygens (including phenoxy) is 1. The van der Waals surface area contributed by atoms with E-state index in [4.69, 9.17) is 4.74 Å². The Bertz CT molecular complexity index is 231. The quantitative estimate of drug-likeness (QED) is 0.639. The van der Waals surface area contributed by atoms with E-state index >= 15 is 0 Å². The molecular formula is C8H12N2O2. The minimum Gasteiger partial charge on any atom is -0.383 e. The third kappa shape index (κ3) is 2.39. The van der Waals surface area contributed by atoms with E-state index in [9.17, 15) is 4.79 Å². The number of nitrogens with one attached hydrogen (secondary N) is 2. The van der Waals surface area contributed by atoms with Crippen molar-refractivity contribution in [3.8, 4) is 0 Å². The number of amides is 1. The van der Waals surface area contributed by atoms with E-state index in [0.29, 0.717) is 18.7 Å². The summed E-state index contributed by atoms with van der Waals surface area (Å²) in [4.78, 5) is 14.0. The number of aromatic nitrogens is 1. The lowest BCUT2D eigenvalue weighted by molar-refractivity contribution is 0.0937. The van der Waals surface area contributed by atoms with Gasteiger partial charge < -0.3 is 15.0 Å². The van der Waals surface area contributed by atoms with Crippen molar-refractivity contribution < 1.29 is 9.53 Å². The van der Waals surface area contributed by atoms with Crippen LogP contribution in [0.5, 0.6) is 0 Å². The molecule has 1 heterocycles. The van der Waals surface area contributed by atoms with Crippen molar-refractivity contribution in [2.75, 3.05) is 20.3 Å². The number of carbonyl (C=O) groups is 1. The third-order valence-corrected chi connectivity index (χ3v) is 1.45. The molecule has 12 heavy (non-hydrogen) atoms. The number of aromatic amines is 1. The summed E-state index contributed by atoms with van der Waals surface area (Å²) in [5, 5.41) is 2.70. The number of carbonyl (C=O) groups excluding carboxylic acids is 1. The zero-order chi connectivity index (χ0) is 8.81. The second kappa shape index (κ2) is 4.56. The number of methoxy groups -OCH3 is 1. The zero-order valence-electron chi connectivity index (χ0n) is 6.96. The molecule has 0 saturated carbocycles. The lowest BCUT2D eigenvalue weighted by Crippen LogP contribution is -2.26. The van der Waals surface area contributed by atoms with Crippen molar-refractivity contribution in [1.82, 2.24) is 10.3 Å². The van der Waals surface area contributed by atoms with Gasteiger partial charge in [0.15, 0.2) is 0 Å². The van der Waals surface area contributed by atoms with Crippen molar-refractivity contribution >= 4 is 5.91 Å². The molecule has 1 aromatic heterocycles. The highest BCUT2D eigenvalue weighted by Gasteiger charge is 2.02. The Hall–Kier alpha value is -1.29. The molecule has 0 radical (unpaired) electrons. The fourth-order valence-electron chi connectivity index (χ4n) is 0.834. The van der Waals surface area contributed by atoms with Crippen LogP contribution in [0.2, 0.25) is 0 Å². The molecule has 0 saturated heterocycles. The summed E-state index contributed by atoms with van der Waals surface area (Å²) in [5.41, 5.74) is 0.645. The van der Waals surface area contributed by atoms with E-state index < -0.39 is 0 Å². The van der Waals surface area contributed by atoms with E-state index in [1.807, 2.05) is 0 Å². The first kappa shape index (κ1) is 8.80. The standard InChI is InChI=1S/C8H12N2O2/c1-12-5-4-10-8(11)7-2-3-9-6-7/h2-3,6,9H,4-5H2,1H3,(H,10,11). The molecule has 1 rings (SSSR count). The van der Waals surface area contributed by atoms with Crippen LogP contribution in [0.3, 0.4) is 0 Å². The average molecular weight is 168 g/mol. The maximum Gasteiger partial charge on any atom is 0.252 e. The van der Waals surface area contributed by atoms with Crippen molar-refractivity contribution in [3.05, 3.63) is 24.0 Å². The molecule has 0 aliphatic rings. The molecule has 0 atom stereocenters. The van der Waals surface area contributed by atoms with Gasteiger partial charge in [-0.25, -0.2) is 0 Å². The predicted octanol–water partition coefficient (Wildman–Crippen LogP) is 0.391. The lowest BCUT2D eigenvalue weighted by atomic mass is 10.3. The average Bonchev–Trinajstić information content (AvgIpc) is 2.56. The largest absolute Gasteiger partial charge is 0.383 e. The lowest BCUT2D eigenvalue weighted by Gasteiger charge is -2.01. The highest BCUT2D eigenvalue weighted by Crippen LogP contribution is 1.94. The van der Waals surface area contributed by atoms with Crippen LogP contribution in [0.4, 0.5) is 0 Å².